The molecule has 2 radical (unpaired) electrons. The van der Waals surface area contributed by atoms with Crippen LogP contribution in [0, 0.1) is 34.5 Å². The first kappa shape index (κ1) is 65.0. The van der Waals surface area contributed by atoms with Gasteiger partial charge in [-0.1, -0.05) is 99.6 Å². The molecule has 6 aliphatic rings. The Bertz CT molecular complexity index is 2970. The van der Waals surface area contributed by atoms with Crippen molar-refractivity contribution in [2.24, 2.45) is 34.5 Å². The van der Waals surface area contributed by atoms with E-state index in [2.05, 4.69) is 35.3 Å². The van der Waals surface area contributed by atoms with Crippen LogP contribution in [0.15, 0.2) is 48.5 Å². The Labute approximate surface area is 512 Å². The summed E-state index contributed by atoms with van der Waals surface area (Å²) >= 11 is 0. The molecule has 4 fully saturated rings. The summed E-state index contributed by atoms with van der Waals surface area (Å²) in [4.78, 5) is 90.8. The summed E-state index contributed by atoms with van der Waals surface area (Å²) in [6.45, 7) is 15.6. The summed E-state index contributed by atoms with van der Waals surface area (Å²) in [6.07, 6.45) is 13.9. The van der Waals surface area contributed by atoms with E-state index in [1.54, 1.807) is 14.2 Å². The Morgan fingerprint density at radius 1 is 0.590 bits per heavy atom. The van der Waals surface area contributed by atoms with Crippen molar-refractivity contribution >= 4 is 58.4 Å². The zero-order valence-corrected chi connectivity index (χ0v) is 52.5. The number of carbonyl (C=O) groups is 4. The van der Waals surface area contributed by atoms with Gasteiger partial charge in [0.15, 0.2) is 0 Å². The molecule has 0 spiro atoms. The first-order chi connectivity index (χ1) is 38.7. The van der Waals surface area contributed by atoms with E-state index >= 15 is 0 Å². The quantitative estimate of drug-likeness (QED) is 0.178. The zero-order chi connectivity index (χ0) is 57.9. The van der Waals surface area contributed by atoms with Crippen LogP contribution in [-0.4, -0.2) is 132 Å². The van der Waals surface area contributed by atoms with Gasteiger partial charge in [-0.3, -0.25) is 9.59 Å². The normalized spacial score (nSPS) is 28.7. The van der Waals surface area contributed by atoms with Crippen molar-refractivity contribution in [2.75, 3.05) is 27.3 Å². The molecule has 2 aromatic heterocycles. The van der Waals surface area contributed by atoms with Gasteiger partial charge < -0.3 is 58.4 Å². The molecule has 4 aromatic rings. The van der Waals surface area contributed by atoms with Gasteiger partial charge in [0, 0.05) is 71.1 Å². The van der Waals surface area contributed by atoms with E-state index in [0.29, 0.717) is 41.5 Å². The number of aryl methyl sites for hydroxylation is 2. The largest absolute Gasteiger partial charge is 0.540 e. The number of rotatable bonds is 5. The number of alkyl carbamates (subject to hydrolysis) is 2. The minimum absolute atomic E-state index is 0. The van der Waals surface area contributed by atoms with E-state index in [-0.39, 0.29) is 86.1 Å². The third-order valence-electron chi connectivity index (χ3n) is 17.4. The fraction of sp³-hybridized carbons (Fsp3) is 0.619. The van der Waals surface area contributed by atoms with Crippen molar-refractivity contribution in [3.63, 3.8) is 0 Å². The standard InChI is InChI=1S/C32H42N3O6.C31H40N3O6.2V/c1-6-23-25(18-36)35-17-27(23)40-29-21(14-19-12-13-22(39-5)16-24(19)33-29)11-9-7-8-10-20-15-26(20)41-31(38)34-28(30(35)37)32(2,3)4;1-18-24(17-35)34-16-26(18)39-28-21(13-19-11-12-22(38-5)15-23(19)32-28)10-8-6-7-9-20-14-25(20)40-30(37)33-27(29(34)36)31(2,3)4;;/h12-14,16,20,23,25-28H,6-11,15,17H2,1-5H3,(H,34,38);11-13,15,18,20,24-27H,6-10,14,16H2,1-5H3,(H,33,37);;/q2*-1;;/t20-,23+,25-,26-,27+,28-;18-,20+,24+,25+,26-,27+;;/m10../s1. The van der Waals surface area contributed by atoms with Gasteiger partial charge in [0.25, 0.3) is 0 Å². The third-order valence-corrected chi connectivity index (χ3v) is 17.4. The summed E-state index contributed by atoms with van der Waals surface area (Å²) in [7, 11) is 3.25. The molecule has 4 bridgehead atoms. The fourth-order valence-electron chi connectivity index (χ4n) is 12.2. The Hall–Kier alpha value is -5.55. The molecule has 0 unspecified atom stereocenters. The topological polar surface area (TPSA) is 214 Å². The summed E-state index contributed by atoms with van der Waals surface area (Å²) in [5.74, 6) is 1.92. The SMILES string of the molecule is CC[C@@H]1[C@@H]2CN(C(=O)[C@H](C(C)(C)C)NC(=O)O[C@@H]3C[C@H]3CCCCCc3cc4ccc(OC)cc4nc3O2)[C@@H]1[C-]=O.COc1ccc2cc3c(nc2c1)O[C@H]1CN(C(=O)[C@H](C(C)(C)C)NC(=O)O[C@@H]2C[C@H]2CCCCC3)[C@H]([C-]=O)[C@@H]1C.[V].[V]. The number of nitrogens with zero attached hydrogens (tertiary/aromatic N) is 4. The molecule has 2 saturated heterocycles. The fourth-order valence-corrected chi connectivity index (χ4v) is 12.2. The van der Waals surface area contributed by atoms with Gasteiger partial charge in [0.1, 0.15) is 48.0 Å². The number of pyridine rings is 2. The van der Waals surface area contributed by atoms with Gasteiger partial charge in [-0.25, -0.2) is 32.1 Å². The van der Waals surface area contributed by atoms with E-state index in [1.165, 1.54) is 9.80 Å². The van der Waals surface area contributed by atoms with Gasteiger partial charge >= 0.3 is 12.2 Å². The maximum absolute atomic E-state index is 14.0. The second kappa shape index (κ2) is 27.7. The van der Waals surface area contributed by atoms with Crippen molar-refractivity contribution in [3.8, 4) is 23.3 Å². The second-order valence-electron chi connectivity index (χ2n) is 25.3. The molecule has 83 heavy (non-hydrogen) atoms. The predicted octanol–water partition coefficient (Wildman–Crippen LogP) is 9.57. The summed E-state index contributed by atoms with van der Waals surface area (Å²) in [5.41, 5.74) is 2.32. The van der Waals surface area contributed by atoms with E-state index < -0.39 is 59.4 Å². The average molecular weight is 1220 g/mol. The number of nitrogens with one attached hydrogen (secondary N) is 2. The Kier molecular flexibility index (Phi) is 21.7. The smallest absolute Gasteiger partial charge is 0.408 e. The molecule has 4 amide bonds. The average Bonchev–Trinajstić information content (AvgIpc) is 4.52. The van der Waals surface area contributed by atoms with Crippen LogP contribution in [-0.2, 0) is 78.6 Å². The van der Waals surface area contributed by atoms with Crippen LogP contribution in [0.2, 0.25) is 0 Å². The maximum Gasteiger partial charge on any atom is 0.408 e. The van der Waals surface area contributed by atoms with E-state index in [1.807, 2.05) is 91.8 Å². The monoisotopic (exact) mass is 1220 g/mol. The first-order valence-corrected chi connectivity index (χ1v) is 29.3. The molecule has 6 heterocycles. The molecule has 20 heteroatoms. The van der Waals surface area contributed by atoms with E-state index in [4.69, 9.17) is 38.4 Å². The zero-order valence-electron chi connectivity index (χ0n) is 49.7. The molecule has 2 N–H and O–H groups in total. The molecule has 448 valence electrons. The number of ether oxygens (including phenoxy) is 6. The van der Waals surface area contributed by atoms with Crippen molar-refractivity contribution < 1.29 is 94.3 Å². The summed E-state index contributed by atoms with van der Waals surface area (Å²) < 4.78 is 35.3. The van der Waals surface area contributed by atoms with Crippen LogP contribution in [0.1, 0.15) is 137 Å². The number of fused-ring (bicyclic) bond motifs is 10. The molecule has 2 saturated carbocycles. The molecule has 2 aliphatic carbocycles. The number of benzene rings is 2. The van der Waals surface area contributed by atoms with Crippen LogP contribution < -0.4 is 29.6 Å². The van der Waals surface area contributed by atoms with Crippen molar-refractivity contribution in [1.82, 2.24) is 30.4 Å². The first-order valence-electron chi connectivity index (χ1n) is 29.3. The van der Waals surface area contributed by atoms with Crippen molar-refractivity contribution in [1.29, 1.82) is 0 Å². The molecular weight excluding hydrogens is 1130 g/mol. The van der Waals surface area contributed by atoms with Gasteiger partial charge in [0.2, 0.25) is 23.6 Å². The van der Waals surface area contributed by atoms with Crippen LogP contribution in [0.4, 0.5) is 9.59 Å². The maximum atomic E-state index is 14.0. The number of amides is 4. The summed E-state index contributed by atoms with van der Waals surface area (Å²) in [5, 5.41) is 7.65. The molecule has 4 aliphatic heterocycles. The molecule has 12 atom stereocenters. The minimum Gasteiger partial charge on any atom is -0.540 e. The number of methoxy groups -OCH3 is 2. The van der Waals surface area contributed by atoms with Gasteiger partial charge in [-0.05, 0) is 122 Å². The Balaban J connectivity index is 0.000000233. The second-order valence-corrected chi connectivity index (χ2v) is 25.3. The Morgan fingerprint density at radius 2 is 1.02 bits per heavy atom. The molecular formula is C63H82N6O12V2-2. The predicted molar refractivity (Wildman–Crippen MR) is 305 cm³/mol. The minimum atomic E-state index is -0.875. The van der Waals surface area contributed by atoms with Gasteiger partial charge in [-0.2, -0.15) is 0 Å². The number of hydrogen-bond acceptors (Lipinski definition) is 14. The number of carbonyl (C=O) groups excluding carboxylic acids is 6. The number of aromatic nitrogens is 2. The van der Waals surface area contributed by atoms with Crippen LogP contribution in [0.3, 0.4) is 0 Å². The molecule has 2 aromatic carbocycles. The van der Waals surface area contributed by atoms with Crippen molar-refractivity contribution in [3.05, 3.63) is 59.7 Å². The summed E-state index contributed by atoms with van der Waals surface area (Å²) in [6, 6.07) is 12.5. The van der Waals surface area contributed by atoms with Gasteiger partial charge in [0.05, 0.1) is 38.3 Å². The third kappa shape index (κ3) is 15.3. The van der Waals surface area contributed by atoms with Crippen LogP contribution in [0.5, 0.6) is 23.3 Å². The van der Waals surface area contributed by atoms with Gasteiger partial charge in [-0.15, -0.1) is 0 Å². The van der Waals surface area contributed by atoms with E-state index in [9.17, 15) is 28.8 Å². The van der Waals surface area contributed by atoms with E-state index in [0.717, 1.165) is 110 Å². The molecule has 10 rings (SSSR count). The van der Waals surface area contributed by atoms with Crippen LogP contribution >= 0.6 is 0 Å². The van der Waals surface area contributed by atoms with Crippen LogP contribution in [0.25, 0.3) is 21.8 Å². The number of hydrogen-bond donors (Lipinski definition) is 2. The molecule has 18 nitrogen and oxygen atoms in total. The Morgan fingerprint density at radius 3 is 1.45 bits per heavy atom. The van der Waals surface area contributed by atoms with Crippen molar-refractivity contribution in [2.45, 2.75) is 187 Å².